The summed E-state index contributed by atoms with van der Waals surface area (Å²) in [5.74, 6) is -1.71. The number of likely N-dealkylation sites (tertiary alicyclic amines) is 1. The van der Waals surface area contributed by atoms with E-state index in [1.165, 1.54) is 0 Å². The Morgan fingerprint density at radius 2 is 1.74 bits per heavy atom. The quantitative estimate of drug-likeness (QED) is 0.194. The summed E-state index contributed by atoms with van der Waals surface area (Å²) >= 11 is 1.62. The molecule has 11 nitrogen and oxygen atoms in total. The van der Waals surface area contributed by atoms with Gasteiger partial charge < -0.3 is 26.6 Å². The van der Waals surface area contributed by atoms with Crippen LogP contribution in [0.25, 0.3) is 0 Å². The molecule has 5 rings (SSSR count). The van der Waals surface area contributed by atoms with Crippen LogP contribution in [0.4, 0.5) is 4.79 Å². The molecule has 3 aliphatic carbocycles. The summed E-state index contributed by atoms with van der Waals surface area (Å²) in [4.78, 5) is 72.8. The Kier molecular flexibility index (Phi) is 10.3. The van der Waals surface area contributed by atoms with Gasteiger partial charge >= 0.3 is 6.03 Å². The lowest BCUT2D eigenvalue weighted by atomic mass is 9.80. The van der Waals surface area contributed by atoms with Crippen LogP contribution in [0.3, 0.4) is 0 Å². The van der Waals surface area contributed by atoms with Gasteiger partial charge in [-0.1, -0.05) is 79.2 Å². The minimum absolute atomic E-state index is 0.0944. The number of hydrogen-bond acceptors (Lipinski definition) is 7. The first-order valence-electron chi connectivity index (χ1n) is 17.2. The minimum Gasteiger partial charge on any atom is -0.363 e. The number of ketones is 1. The molecule has 1 unspecified atom stereocenters. The van der Waals surface area contributed by atoms with E-state index in [2.05, 4.69) is 34.8 Å². The molecule has 0 aromatic carbocycles. The van der Waals surface area contributed by atoms with E-state index in [-0.39, 0.29) is 29.1 Å². The fourth-order valence-electron chi connectivity index (χ4n) is 7.94. The van der Waals surface area contributed by atoms with E-state index in [1.54, 1.807) is 22.9 Å². The van der Waals surface area contributed by atoms with Crippen molar-refractivity contribution in [2.24, 2.45) is 34.3 Å². The molecule has 0 spiro atoms. The van der Waals surface area contributed by atoms with E-state index in [0.717, 1.165) is 56.4 Å². The van der Waals surface area contributed by atoms with E-state index in [0.29, 0.717) is 18.7 Å². The molecule has 0 bridgehead atoms. The number of nitrogens with two attached hydrogens (primary N) is 1. The third-order valence-corrected chi connectivity index (χ3v) is 12.4. The summed E-state index contributed by atoms with van der Waals surface area (Å²) in [5.41, 5.74) is 4.11. The Labute approximate surface area is 282 Å². The average Bonchev–Trinajstić information content (AvgIpc) is 3.31. The molecule has 12 heteroatoms. The Balaban J connectivity index is 1.31. The number of hydrogen-bond donors (Lipinski definition) is 4. The number of pyridine rings is 1. The van der Waals surface area contributed by atoms with E-state index in [1.807, 2.05) is 39.0 Å². The van der Waals surface area contributed by atoms with E-state index in [9.17, 15) is 24.0 Å². The van der Waals surface area contributed by atoms with E-state index >= 15 is 0 Å². The van der Waals surface area contributed by atoms with Gasteiger partial charge in [-0.2, -0.15) is 0 Å². The van der Waals surface area contributed by atoms with Crippen molar-refractivity contribution in [3.63, 3.8) is 0 Å². The molecule has 3 saturated carbocycles. The molecule has 1 aromatic rings. The molecule has 5 N–H and O–H groups in total. The van der Waals surface area contributed by atoms with Gasteiger partial charge in [-0.25, -0.2) is 9.78 Å². The van der Waals surface area contributed by atoms with Crippen molar-refractivity contribution < 1.29 is 24.0 Å². The van der Waals surface area contributed by atoms with Crippen molar-refractivity contribution in [2.45, 2.75) is 121 Å². The van der Waals surface area contributed by atoms with Gasteiger partial charge in [-0.3, -0.25) is 19.2 Å². The van der Waals surface area contributed by atoms with Crippen LogP contribution in [-0.2, 0) is 19.2 Å². The smallest absolute Gasteiger partial charge is 0.315 e. The van der Waals surface area contributed by atoms with Crippen molar-refractivity contribution in [2.75, 3.05) is 12.3 Å². The number of aromatic nitrogens is 1. The molecule has 5 atom stereocenters. The largest absolute Gasteiger partial charge is 0.363 e. The number of amides is 5. The normalized spacial score (nSPS) is 25.8. The zero-order valence-corrected chi connectivity index (χ0v) is 29.3. The number of nitrogens with one attached hydrogen (secondary N) is 3. The second-order valence-electron chi connectivity index (χ2n) is 15.9. The van der Waals surface area contributed by atoms with Gasteiger partial charge in [-0.05, 0) is 60.0 Å². The summed E-state index contributed by atoms with van der Waals surface area (Å²) in [5, 5.41) is 10.0. The Morgan fingerprint density at radius 1 is 1.04 bits per heavy atom. The maximum atomic E-state index is 14.4. The van der Waals surface area contributed by atoms with Crippen molar-refractivity contribution >= 4 is 41.3 Å². The zero-order chi connectivity index (χ0) is 34.1. The summed E-state index contributed by atoms with van der Waals surface area (Å²) in [6.45, 7) is 10.3. The summed E-state index contributed by atoms with van der Waals surface area (Å²) in [6, 6.07) is 2.65. The van der Waals surface area contributed by atoms with Crippen molar-refractivity contribution in [1.82, 2.24) is 25.8 Å². The van der Waals surface area contributed by atoms with Crippen LogP contribution in [0.5, 0.6) is 0 Å². The Morgan fingerprint density at radius 3 is 2.32 bits per heavy atom. The van der Waals surface area contributed by atoms with E-state index < -0.39 is 52.7 Å². The Bertz CT molecular complexity index is 1350. The molecule has 47 heavy (non-hydrogen) atoms. The summed E-state index contributed by atoms with van der Waals surface area (Å²) in [6.07, 6.45) is 9.86. The highest BCUT2D eigenvalue weighted by Crippen LogP contribution is 2.65. The van der Waals surface area contributed by atoms with Gasteiger partial charge in [0.05, 0.1) is 16.6 Å². The highest BCUT2D eigenvalue weighted by atomic mass is 32.2. The van der Waals surface area contributed by atoms with Gasteiger partial charge in [0.2, 0.25) is 17.6 Å². The lowest BCUT2D eigenvalue weighted by Gasteiger charge is -2.40. The van der Waals surface area contributed by atoms with Crippen molar-refractivity contribution in [1.29, 1.82) is 0 Å². The molecular formula is C35H52N6O5S. The number of urea groups is 1. The predicted molar refractivity (Wildman–Crippen MR) is 180 cm³/mol. The molecule has 1 aliphatic heterocycles. The number of Topliss-reactive ketones (excluding diaryl/α,β-unsaturated/α-hetero) is 1. The second kappa shape index (κ2) is 13.8. The number of fused-ring (bicyclic) bond motifs is 1. The number of primary amides is 1. The first-order chi connectivity index (χ1) is 22.1. The molecule has 4 aliphatic rings. The molecule has 5 amide bonds. The lowest BCUT2D eigenvalue weighted by Crippen LogP contribution is -2.63. The second-order valence-corrected chi connectivity index (χ2v) is 16.9. The minimum atomic E-state index is -1.07. The van der Waals surface area contributed by atoms with Crippen LogP contribution in [-0.4, -0.2) is 75.4 Å². The monoisotopic (exact) mass is 668 g/mol. The van der Waals surface area contributed by atoms with E-state index in [4.69, 9.17) is 5.73 Å². The maximum absolute atomic E-state index is 14.4. The molecule has 0 radical (unpaired) electrons. The average molecular weight is 669 g/mol. The topological polar surface area (TPSA) is 164 Å². The number of nitrogens with zero attached hydrogens (tertiary/aromatic N) is 2. The number of rotatable bonds is 12. The molecule has 258 valence electrons. The van der Waals surface area contributed by atoms with Gasteiger partial charge in [-0.15, -0.1) is 11.8 Å². The van der Waals surface area contributed by atoms with Crippen LogP contribution in [0, 0.1) is 28.6 Å². The third kappa shape index (κ3) is 7.78. The number of thioether (sulfide) groups is 1. The zero-order valence-electron chi connectivity index (χ0n) is 28.5. The first kappa shape index (κ1) is 35.2. The number of piperidine rings is 1. The first-order valence-corrected chi connectivity index (χ1v) is 18.2. The van der Waals surface area contributed by atoms with Crippen molar-refractivity contribution in [3.05, 3.63) is 24.4 Å². The van der Waals surface area contributed by atoms with Crippen LogP contribution >= 0.6 is 11.8 Å². The highest BCUT2D eigenvalue weighted by Gasteiger charge is 2.70. The molecule has 1 aromatic heterocycles. The third-order valence-electron chi connectivity index (χ3n) is 11.1. The summed E-state index contributed by atoms with van der Waals surface area (Å²) in [7, 11) is 0. The van der Waals surface area contributed by atoms with Crippen LogP contribution in [0.1, 0.15) is 92.4 Å². The SMILES string of the molecule is CC(C)(C)[C@H](NC(=O)NC1(CSc2ccccn2)CCCCC1)C(=O)N1C[C@H]2[C@@H]([C@H]1C(=O)NC(CC1CCC1)C(=O)C(N)=O)C2(C)C. The van der Waals surface area contributed by atoms with Gasteiger partial charge in [0.25, 0.3) is 5.91 Å². The van der Waals surface area contributed by atoms with Gasteiger partial charge in [0, 0.05) is 18.5 Å². The number of carbonyl (C=O) groups is 5. The van der Waals surface area contributed by atoms with Crippen LogP contribution < -0.4 is 21.7 Å². The fourth-order valence-corrected chi connectivity index (χ4v) is 9.03. The van der Waals surface area contributed by atoms with Crippen LogP contribution in [0.2, 0.25) is 0 Å². The van der Waals surface area contributed by atoms with Crippen molar-refractivity contribution in [3.8, 4) is 0 Å². The molecule has 2 heterocycles. The Hall–Kier alpha value is -3.15. The molecule has 4 fully saturated rings. The van der Waals surface area contributed by atoms with Gasteiger partial charge in [0.1, 0.15) is 12.1 Å². The van der Waals surface area contributed by atoms with Gasteiger partial charge in [0.15, 0.2) is 0 Å². The fraction of sp³-hybridized carbons (Fsp3) is 0.714. The lowest BCUT2D eigenvalue weighted by molar-refractivity contribution is -0.145. The maximum Gasteiger partial charge on any atom is 0.315 e. The molecule has 1 saturated heterocycles. The standard InChI is InChI=1S/C35H52N6O5S/c1-33(2,3)28(39-32(46)40-35(15-8-6-9-16-35)20-47-24-14-7-10-17-37-24)31(45)41-19-22-25(34(22,4)5)26(41)30(44)38-23(27(42)29(36)43)18-21-12-11-13-21/h7,10,14,17,21-23,25-26,28H,6,8-9,11-13,15-16,18-20H2,1-5H3,(H2,36,43)(H,38,44)(H2,39,40,46)/t22-,23?,25-,26-,28+/m0/s1. The predicted octanol–water partition coefficient (Wildman–Crippen LogP) is 3.80. The highest BCUT2D eigenvalue weighted by molar-refractivity contribution is 7.99. The van der Waals surface area contributed by atoms with Crippen LogP contribution in [0.15, 0.2) is 29.4 Å². The number of carbonyl (C=O) groups excluding carboxylic acids is 5. The molecular weight excluding hydrogens is 616 g/mol. The summed E-state index contributed by atoms with van der Waals surface area (Å²) < 4.78 is 0.